The van der Waals surface area contributed by atoms with Crippen molar-refractivity contribution in [3.63, 3.8) is 0 Å². The van der Waals surface area contributed by atoms with Crippen LogP contribution in [0, 0.1) is 17.8 Å². The molecule has 1 aromatic rings. The van der Waals surface area contributed by atoms with Crippen LogP contribution in [0.2, 0.25) is 0 Å². The number of nitrogens with one attached hydrogen (secondary N) is 1. The average Bonchev–Trinajstić information content (AvgIpc) is 2.42. The molecule has 0 saturated carbocycles. The molecule has 6 heteroatoms. The van der Waals surface area contributed by atoms with Crippen LogP contribution in [0.3, 0.4) is 0 Å². The zero-order chi connectivity index (χ0) is 15.2. The van der Waals surface area contributed by atoms with E-state index in [4.69, 9.17) is 10.5 Å². The maximum absolute atomic E-state index is 12.1. The number of ether oxygens (including phenoxy) is 1. The van der Waals surface area contributed by atoms with Crippen LogP contribution in [0.25, 0.3) is 0 Å². The second kappa shape index (κ2) is 7.29. The first-order valence-electron chi connectivity index (χ1n) is 6.27. The van der Waals surface area contributed by atoms with Crippen LogP contribution in [0.4, 0.5) is 0 Å². The first kappa shape index (κ1) is 16.5. The van der Waals surface area contributed by atoms with Gasteiger partial charge < -0.3 is 10.5 Å². The Morgan fingerprint density at radius 1 is 1.40 bits per heavy atom. The third-order valence-electron chi connectivity index (χ3n) is 2.49. The summed E-state index contributed by atoms with van der Waals surface area (Å²) in [6, 6.07) is 4.57. The van der Waals surface area contributed by atoms with Crippen molar-refractivity contribution in [2.24, 2.45) is 11.7 Å². The van der Waals surface area contributed by atoms with E-state index in [1.165, 1.54) is 19.2 Å². The fourth-order valence-corrected chi connectivity index (χ4v) is 2.70. The molecule has 0 bridgehead atoms. The van der Waals surface area contributed by atoms with Crippen LogP contribution in [0.5, 0.6) is 5.75 Å². The molecule has 5 nitrogen and oxygen atoms in total. The molecular formula is C14H20N2O3S. The topological polar surface area (TPSA) is 81.4 Å². The van der Waals surface area contributed by atoms with Crippen LogP contribution in [0.1, 0.15) is 19.4 Å². The molecule has 110 valence electrons. The summed E-state index contributed by atoms with van der Waals surface area (Å²) in [5, 5.41) is 0. The number of sulfonamides is 1. The average molecular weight is 296 g/mol. The second-order valence-electron chi connectivity index (χ2n) is 4.61. The summed E-state index contributed by atoms with van der Waals surface area (Å²) in [5.41, 5.74) is 5.83. The van der Waals surface area contributed by atoms with Crippen molar-refractivity contribution < 1.29 is 13.2 Å². The Hall–Kier alpha value is -1.55. The number of hydrogen-bond donors (Lipinski definition) is 2. The zero-order valence-corrected chi connectivity index (χ0v) is 12.8. The summed E-state index contributed by atoms with van der Waals surface area (Å²) in [5.74, 6) is 6.26. The van der Waals surface area contributed by atoms with Gasteiger partial charge >= 0.3 is 0 Å². The highest BCUT2D eigenvalue weighted by atomic mass is 32.2. The number of methoxy groups -OCH3 is 1. The molecule has 0 fully saturated rings. The van der Waals surface area contributed by atoms with Gasteiger partial charge in [0, 0.05) is 6.54 Å². The van der Waals surface area contributed by atoms with Crippen molar-refractivity contribution in [3.8, 4) is 17.6 Å². The fourth-order valence-electron chi connectivity index (χ4n) is 1.46. The van der Waals surface area contributed by atoms with E-state index in [-0.39, 0.29) is 17.4 Å². The molecule has 1 aromatic carbocycles. The molecule has 0 aliphatic rings. The van der Waals surface area contributed by atoms with Gasteiger partial charge in [0.05, 0.1) is 24.1 Å². The van der Waals surface area contributed by atoms with E-state index in [1.807, 2.05) is 13.8 Å². The first-order chi connectivity index (χ1) is 9.40. The molecule has 0 amide bonds. The minimum Gasteiger partial charge on any atom is -0.495 e. The van der Waals surface area contributed by atoms with Crippen LogP contribution in [-0.4, -0.2) is 28.6 Å². The van der Waals surface area contributed by atoms with Crippen LogP contribution >= 0.6 is 0 Å². The lowest BCUT2D eigenvalue weighted by Gasteiger charge is -2.10. The molecule has 1 rings (SSSR count). The van der Waals surface area contributed by atoms with Gasteiger partial charge in [-0.25, -0.2) is 13.1 Å². The first-order valence-corrected chi connectivity index (χ1v) is 7.75. The molecule has 0 aliphatic heterocycles. The van der Waals surface area contributed by atoms with Crippen molar-refractivity contribution in [1.82, 2.24) is 4.72 Å². The van der Waals surface area contributed by atoms with E-state index >= 15 is 0 Å². The van der Waals surface area contributed by atoms with Gasteiger partial charge in [0.2, 0.25) is 10.0 Å². The molecule has 0 spiro atoms. The van der Waals surface area contributed by atoms with Crippen molar-refractivity contribution in [2.75, 3.05) is 20.2 Å². The van der Waals surface area contributed by atoms with Gasteiger partial charge in [-0.15, -0.1) is 0 Å². The van der Waals surface area contributed by atoms with Gasteiger partial charge in [-0.2, -0.15) is 0 Å². The zero-order valence-electron chi connectivity index (χ0n) is 11.9. The number of rotatable bonds is 5. The Bertz CT molecular complexity index is 613. The Labute approximate surface area is 120 Å². The van der Waals surface area contributed by atoms with Gasteiger partial charge in [0.15, 0.2) is 0 Å². The van der Waals surface area contributed by atoms with E-state index in [0.29, 0.717) is 17.9 Å². The summed E-state index contributed by atoms with van der Waals surface area (Å²) in [4.78, 5) is 0.167. The number of benzene rings is 1. The Kier molecular flexibility index (Phi) is 6.02. The van der Waals surface area contributed by atoms with E-state index in [0.717, 1.165) is 0 Å². The van der Waals surface area contributed by atoms with Crippen molar-refractivity contribution >= 4 is 10.0 Å². The normalized spacial score (nSPS) is 11.1. The molecule has 0 saturated heterocycles. The summed E-state index contributed by atoms with van der Waals surface area (Å²) < 4.78 is 32.0. The molecular weight excluding hydrogens is 276 g/mol. The predicted molar refractivity (Wildman–Crippen MR) is 79.0 cm³/mol. The molecule has 0 atom stereocenters. The highest BCUT2D eigenvalue weighted by Gasteiger charge is 2.16. The minimum absolute atomic E-state index is 0.167. The lowest BCUT2D eigenvalue weighted by atomic mass is 10.2. The Morgan fingerprint density at radius 2 is 2.10 bits per heavy atom. The van der Waals surface area contributed by atoms with Crippen LogP contribution < -0.4 is 15.2 Å². The highest BCUT2D eigenvalue weighted by molar-refractivity contribution is 7.89. The SMILES string of the molecule is COc1ccc(S(=O)(=O)NCC(C)C)cc1C#CCN. The van der Waals surface area contributed by atoms with Gasteiger partial charge in [0.1, 0.15) is 5.75 Å². The molecule has 20 heavy (non-hydrogen) atoms. The summed E-state index contributed by atoms with van der Waals surface area (Å²) >= 11 is 0. The maximum atomic E-state index is 12.1. The van der Waals surface area contributed by atoms with Crippen molar-refractivity contribution in [3.05, 3.63) is 23.8 Å². The maximum Gasteiger partial charge on any atom is 0.240 e. The standard InChI is InChI=1S/C14H20N2O3S/c1-11(2)10-16-20(17,18)13-6-7-14(19-3)12(9-13)5-4-8-15/h6-7,9,11,16H,8,10,15H2,1-3H3. The van der Waals surface area contributed by atoms with Crippen LogP contribution in [-0.2, 0) is 10.0 Å². The molecule has 3 N–H and O–H groups in total. The van der Waals surface area contributed by atoms with Crippen molar-refractivity contribution in [1.29, 1.82) is 0 Å². The van der Waals surface area contributed by atoms with Gasteiger partial charge in [-0.3, -0.25) is 0 Å². The quantitative estimate of drug-likeness (QED) is 0.792. The third kappa shape index (κ3) is 4.53. The predicted octanol–water partition coefficient (Wildman–Crippen LogP) is 0.940. The largest absolute Gasteiger partial charge is 0.495 e. The number of hydrogen-bond acceptors (Lipinski definition) is 4. The van der Waals surface area contributed by atoms with Gasteiger partial charge in [-0.05, 0) is 24.1 Å². The second-order valence-corrected chi connectivity index (χ2v) is 6.38. The van der Waals surface area contributed by atoms with E-state index in [9.17, 15) is 8.42 Å². The van der Waals surface area contributed by atoms with Crippen molar-refractivity contribution in [2.45, 2.75) is 18.7 Å². The number of nitrogens with two attached hydrogens (primary N) is 1. The summed E-state index contributed by atoms with van der Waals surface area (Å²) in [7, 11) is -2.02. The smallest absolute Gasteiger partial charge is 0.240 e. The van der Waals surface area contributed by atoms with E-state index in [2.05, 4.69) is 16.6 Å². The van der Waals surface area contributed by atoms with E-state index < -0.39 is 10.0 Å². The molecule has 0 aliphatic carbocycles. The lowest BCUT2D eigenvalue weighted by Crippen LogP contribution is -2.27. The molecule has 0 heterocycles. The molecule has 0 radical (unpaired) electrons. The third-order valence-corrected chi connectivity index (χ3v) is 3.91. The van der Waals surface area contributed by atoms with E-state index in [1.54, 1.807) is 6.07 Å². The van der Waals surface area contributed by atoms with Gasteiger partial charge in [-0.1, -0.05) is 25.7 Å². The van der Waals surface area contributed by atoms with Crippen LogP contribution in [0.15, 0.2) is 23.1 Å². The Balaban J connectivity index is 3.13. The summed E-state index contributed by atoms with van der Waals surface area (Å²) in [6.45, 7) is 4.47. The fraction of sp³-hybridized carbons (Fsp3) is 0.429. The lowest BCUT2D eigenvalue weighted by molar-refractivity contribution is 0.413. The Morgan fingerprint density at radius 3 is 2.65 bits per heavy atom. The monoisotopic (exact) mass is 296 g/mol. The minimum atomic E-state index is -3.53. The molecule has 0 unspecified atom stereocenters. The highest BCUT2D eigenvalue weighted by Crippen LogP contribution is 2.21. The van der Waals surface area contributed by atoms with Gasteiger partial charge in [0.25, 0.3) is 0 Å². The summed E-state index contributed by atoms with van der Waals surface area (Å²) in [6.07, 6.45) is 0. The molecule has 0 aromatic heterocycles.